The molecule has 0 amide bonds. The summed E-state index contributed by atoms with van der Waals surface area (Å²) in [6, 6.07) is 0.994. The van der Waals surface area contributed by atoms with Crippen LogP contribution in [0.2, 0.25) is 0 Å². The summed E-state index contributed by atoms with van der Waals surface area (Å²) >= 11 is 0. The number of nitrogens with zero attached hydrogens (tertiary/aromatic N) is 3. The number of ether oxygens (including phenoxy) is 1. The number of aliphatic carboxylic acids is 1. The maximum absolute atomic E-state index is 15.0. The van der Waals surface area contributed by atoms with Crippen molar-refractivity contribution in [2.75, 3.05) is 44.7 Å². The van der Waals surface area contributed by atoms with Gasteiger partial charge in [0, 0.05) is 32.4 Å². The monoisotopic (exact) mass is 487 g/mol. The average Bonchev–Trinajstić information content (AvgIpc) is 2.73. The molecule has 1 unspecified atom stereocenters. The number of piperazine rings is 1. The normalized spacial score (nSPS) is 18.5. The molecule has 1 aromatic heterocycles. The van der Waals surface area contributed by atoms with Crippen LogP contribution < -0.4 is 15.1 Å². The Labute approximate surface area is 195 Å². The lowest BCUT2D eigenvalue weighted by Gasteiger charge is -2.37. The standard InChI is InChI=1S/C18H20FN3O4.C3H6O3.ClH/c1-10-9-26-17-14-11(16(23)12(18(24)25)8-22(10)14)7-13(19)15(17)21-5-3-20(2)4-6-21;1-2(4)3(5)6;/h7-8,10H,3-6,9H2,1-2H3,(H,24,25);2,4H,1H3,(H,5,6);1H/t10-;;/m0../s1. The maximum atomic E-state index is 15.0. The first-order chi connectivity index (χ1) is 15.0. The number of aromatic nitrogens is 1. The quantitative estimate of drug-likeness (QED) is 0.587. The molecule has 2 aliphatic rings. The SMILES string of the molecule is CC(O)C(=O)O.C[C@H]1COc2c(N3CCN(C)CC3)c(F)cc3c(=O)c(C(=O)O)cn1c23.Cl. The number of hydrogen-bond acceptors (Lipinski definition) is 7. The van der Waals surface area contributed by atoms with Crippen LogP contribution in [0.3, 0.4) is 0 Å². The molecule has 0 radical (unpaired) electrons. The lowest BCUT2D eigenvalue weighted by molar-refractivity contribution is -0.145. The highest BCUT2D eigenvalue weighted by atomic mass is 35.5. The van der Waals surface area contributed by atoms with Gasteiger partial charge in [0.05, 0.1) is 16.9 Å². The molecule has 10 nitrogen and oxygen atoms in total. The maximum Gasteiger partial charge on any atom is 0.341 e. The zero-order chi connectivity index (χ0) is 23.7. The molecule has 2 aliphatic heterocycles. The number of likely N-dealkylation sites (N-methyl/N-ethyl adjacent to an activating group) is 1. The molecule has 33 heavy (non-hydrogen) atoms. The Hall–Kier alpha value is -2.89. The van der Waals surface area contributed by atoms with Crippen molar-refractivity contribution in [1.82, 2.24) is 9.47 Å². The van der Waals surface area contributed by atoms with Gasteiger partial charge in [0.15, 0.2) is 11.6 Å². The minimum absolute atomic E-state index is 0. The van der Waals surface area contributed by atoms with Crippen LogP contribution in [-0.4, -0.2) is 82.7 Å². The molecule has 0 aliphatic carbocycles. The van der Waals surface area contributed by atoms with Crippen molar-refractivity contribution in [3.63, 3.8) is 0 Å². The van der Waals surface area contributed by atoms with Gasteiger partial charge < -0.3 is 34.4 Å². The molecule has 3 heterocycles. The van der Waals surface area contributed by atoms with Gasteiger partial charge in [-0.3, -0.25) is 4.79 Å². The summed E-state index contributed by atoms with van der Waals surface area (Å²) < 4.78 is 22.6. The largest absolute Gasteiger partial charge is 0.487 e. The van der Waals surface area contributed by atoms with Gasteiger partial charge in [0.25, 0.3) is 0 Å². The number of benzene rings is 1. The topological polar surface area (TPSA) is 133 Å². The van der Waals surface area contributed by atoms with Crippen molar-refractivity contribution in [2.45, 2.75) is 26.0 Å². The fraction of sp³-hybridized carbons (Fsp3) is 0.476. The molecule has 12 heteroatoms. The van der Waals surface area contributed by atoms with E-state index in [1.807, 2.05) is 18.9 Å². The lowest BCUT2D eigenvalue weighted by Crippen LogP contribution is -2.45. The number of aromatic carboxylic acids is 1. The first kappa shape index (κ1) is 26.4. The van der Waals surface area contributed by atoms with Crippen molar-refractivity contribution < 1.29 is 34.0 Å². The predicted octanol–water partition coefficient (Wildman–Crippen LogP) is 1.42. The van der Waals surface area contributed by atoms with Gasteiger partial charge in [-0.2, -0.15) is 0 Å². The van der Waals surface area contributed by atoms with E-state index >= 15 is 0 Å². The summed E-state index contributed by atoms with van der Waals surface area (Å²) in [7, 11) is 2.02. The number of anilines is 1. The van der Waals surface area contributed by atoms with Crippen molar-refractivity contribution in [1.29, 1.82) is 0 Å². The fourth-order valence-corrected chi connectivity index (χ4v) is 3.69. The van der Waals surface area contributed by atoms with E-state index < -0.39 is 29.3 Å². The van der Waals surface area contributed by atoms with Gasteiger partial charge in [0.1, 0.15) is 24.0 Å². The second-order valence-electron chi connectivity index (χ2n) is 7.98. The fourth-order valence-electron chi connectivity index (χ4n) is 3.69. The van der Waals surface area contributed by atoms with Crippen molar-refractivity contribution in [3.05, 3.63) is 33.9 Å². The summed E-state index contributed by atoms with van der Waals surface area (Å²) in [5, 5.41) is 25.1. The third kappa shape index (κ3) is 5.21. The molecule has 1 saturated heterocycles. The molecule has 182 valence electrons. The number of carboxylic acids is 2. The minimum atomic E-state index is -1.32. The van der Waals surface area contributed by atoms with E-state index in [0.29, 0.717) is 30.0 Å². The number of carboxylic acid groups (broad SMARTS) is 2. The number of carbonyl (C=O) groups is 2. The molecule has 2 aromatic rings. The van der Waals surface area contributed by atoms with E-state index in [0.717, 1.165) is 19.2 Å². The molecule has 0 saturated carbocycles. The third-order valence-corrected chi connectivity index (χ3v) is 5.55. The Balaban J connectivity index is 0.000000491. The average molecular weight is 488 g/mol. The van der Waals surface area contributed by atoms with Gasteiger partial charge in [-0.15, -0.1) is 12.4 Å². The first-order valence-corrected chi connectivity index (χ1v) is 10.1. The number of aliphatic hydroxyl groups excluding tert-OH is 1. The Bertz CT molecular complexity index is 1110. The number of halogens is 2. The van der Waals surface area contributed by atoms with Crippen molar-refractivity contribution >= 4 is 40.9 Å². The number of rotatable bonds is 3. The van der Waals surface area contributed by atoms with Crippen LogP contribution >= 0.6 is 12.4 Å². The highest BCUT2D eigenvalue weighted by Gasteiger charge is 2.30. The molecule has 1 aromatic carbocycles. The molecule has 3 N–H and O–H groups in total. The van der Waals surface area contributed by atoms with E-state index in [4.69, 9.17) is 14.9 Å². The summed E-state index contributed by atoms with van der Waals surface area (Å²) in [6.45, 7) is 6.27. The summed E-state index contributed by atoms with van der Waals surface area (Å²) in [6.07, 6.45) is 0.111. The molecule has 0 spiro atoms. The third-order valence-electron chi connectivity index (χ3n) is 5.55. The lowest BCUT2D eigenvalue weighted by atomic mass is 10.1. The Morgan fingerprint density at radius 3 is 2.30 bits per heavy atom. The van der Waals surface area contributed by atoms with Crippen LogP contribution in [0.4, 0.5) is 10.1 Å². The van der Waals surface area contributed by atoms with Crippen LogP contribution in [0.5, 0.6) is 5.75 Å². The van der Waals surface area contributed by atoms with Gasteiger partial charge in [-0.1, -0.05) is 0 Å². The van der Waals surface area contributed by atoms with Crippen LogP contribution in [-0.2, 0) is 4.79 Å². The summed E-state index contributed by atoms with van der Waals surface area (Å²) in [4.78, 5) is 37.5. The summed E-state index contributed by atoms with van der Waals surface area (Å²) in [5.41, 5.74) is -0.224. The zero-order valence-electron chi connectivity index (χ0n) is 18.4. The number of aliphatic hydroxyl groups is 1. The van der Waals surface area contributed by atoms with Crippen LogP contribution in [0.15, 0.2) is 17.1 Å². The second-order valence-corrected chi connectivity index (χ2v) is 7.98. The zero-order valence-corrected chi connectivity index (χ0v) is 19.3. The van der Waals surface area contributed by atoms with Gasteiger partial charge in [0.2, 0.25) is 5.43 Å². The van der Waals surface area contributed by atoms with Gasteiger partial charge in [-0.05, 0) is 27.0 Å². The second kappa shape index (κ2) is 10.4. The van der Waals surface area contributed by atoms with E-state index in [2.05, 4.69) is 4.90 Å². The highest BCUT2D eigenvalue weighted by Crippen LogP contribution is 2.42. The van der Waals surface area contributed by atoms with Crippen LogP contribution in [0.25, 0.3) is 10.9 Å². The molecule has 4 rings (SSSR count). The van der Waals surface area contributed by atoms with Gasteiger partial charge in [-0.25, -0.2) is 14.0 Å². The van der Waals surface area contributed by atoms with E-state index in [9.17, 15) is 23.9 Å². The number of hydrogen-bond donors (Lipinski definition) is 3. The molecule has 2 atom stereocenters. The van der Waals surface area contributed by atoms with Crippen molar-refractivity contribution in [3.8, 4) is 5.75 Å². The Morgan fingerprint density at radius 2 is 1.79 bits per heavy atom. The van der Waals surface area contributed by atoms with Crippen LogP contribution in [0, 0.1) is 5.82 Å². The Kier molecular flexibility index (Phi) is 8.28. The Morgan fingerprint density at radius 1 is 1.21 bits per heavy atom. The molecule has 1 fully saturated rings. The smallest absolute Gasteiger partial charge is 0.341 e. The highest BCUT2D eigenvalue weighted by molar-refractivity contribution is 5.97. The first-order valence-electron chi connectivity index (χ1n) is 10.1. The van der Waals surface area contributed by atoms with E-state index in [1.54, 1.807) is 4.57 Å². The van der Waals surface area contributed by atoms with E-state index in [-0.39, 0.29) is 36.0 Å². The summed E-state index contributed by atoms with van der Waals surface area (Å²) in [5.74, 6) is -2.73. The van der Waals surface area contributed by atoms with Gasteiger partial charge >= 0.3 is 11.9 Å². The predicted molar refractivity (Wildman–Crippen MR) is 122 cm³/mol. The molecular formula is C21H27ClFN3O7. The molecule has 0 bridgehead atoms. The van der Waals surface area contributed by atoms with E-state index in [1.165, 1.54) is 13.1 Å². The van der Waals surface area contributed by atoms with Crippen LogP contribution in [0.1, 0.15) is 30.2 Å². The number of pyridine rings is 1. The minimum Gasteiger partial charge on any atom is -0.487 e. The molecular weight excluding hydrogens is 461 g/mol. The van der Waals surface area contributed by atoms with Crippen molar-refractivity contribution in [2.24, 2.45) is 0 Å².